The number of aromatic nitrogens is 2. The number of benzene rings is 4. The number of esters is 1. The minimum atomic E-state index is -0.666. The lowest BCUT2D eigenvalue weighted by atomic mass is 9.96. The van der Waals surface area contributed by atoms with Gasteiger partial charge in [0, 0.05) is 16.1 Å². The summed E-state index contributed by atoms with van der Waals surface area (Å²) in [5, 5.41) is 0. The quantitative estimate of drug-likeness (QED) is 0.124. The van der Waals surface area contributed by atoms with Crippen molar-refractivity contribution in [1.82, 2.24) is 9.13 Å². The predicted octanol–water partition coefficient (Wildman–Crippen LogP) is 7.64. The smallest absolute Gasteiger partial charge is 0.338 e. The van der Waals surface area contributed by atoms with E-state index in [4.69, 9.17) is 9.73 Å². The van der Waals surface area contributed by atoms with E-state index >= 15 is 0 Å². The molecule has 4 aromatic carbocycles. The molecule has 0 saturated carbocycles. The van der Waals surface area contributed by atoms with Crippen LogP contribution in [0.4, 0.5) is 0 Å². The third-order valence-corrected chi connectivity index (χ3v) is 10.1. The SMILES string of the molecule is CCOC(=O)C1=C(C)N=c2s/c(=C\c3cc(-c4ccccc4)n(-c4ccccc4)c3-c3ccccc3)c(=O)n2[C@H]1c1ccc(SC)cc1. The highest BCUT2D eigenvalue weighted by molar-refractivity contribution is 7.98. The summed E-state index contributed by atoms with van der Waals surface area (Å²) in [5.41, 5.74) is 7.51. The van der Waals surface area contributed by atoms with Crippen LogP contribution in [-0.4, -0.2) is 28.0 Å². The molecule has 2 aromatic heterocycles. The number of fused-ring (bicyclic) bond motifs is 1. The lowest BCUT2D eigenvalue weighted by molar-refractivity contribution is -0.139. The molecule has 3 heterocycles. The first-order valence-electron chi connectivity index (χ1n) is 15.7. The Hall–Kier alpha value is -5.18. The van der Waals surface area contributed by atoms with Crippen molar-refractivity contribution in [3.05, 3.63) is 163 Å². The summed E-state index contributed by atoms with van der Waals surface area (Å²) >= 11 is 2.97. The van der Waals surface area contributed by atoms with Gasteiger partial charge in [-0.25, -0.2) is 9.79 Å². The molecule has 0 unspecified atom stereocenters. The predicted molar refractivity (Wildman–Crippen MR) is 195 cm³/mol. The number of nitrogens with zero attached hydrogens (tertiary/aromatic N) is 3. The van der Waals surface area contributed by atoms with Crippen molar-refractivity contribution in [3.63, 3.8) is 0 Å². The van der Waals surface area contributed by atoms with E-state index in [1.807, 2.05) is 98.1 Å². The number of thioether (sulfide) groups is 1. The van der Waals surface area contributed by atoms with Gasteiger partial charge in [-0.2, -0.15) is 0 Å². The fourth-order valence-electron chi connectivity index (χ4n) is 6.23. The molecule has 0 saturated heterocycles. The number of rotatable bonds is 8. The fraction of sp³-hybridized carbons (Fsp3) is 0.125. The molecule has 0 fully saturated rings. The Morgan fingerprint density at radius 2 is 1.52 bits per heavy atom. The van der Waals surface area contributed by atoms with Gasteiger partial charge in [0.2, 0.25) is 0 Å². The third-order valence-electron chi connectivity index (χ3n) is 8.40. The number of thiazole rings is 1. The number of carbonyl (C=O) groups is 1. The molecule has 1 aliphatic heterocycles. The van der Waals surface area contributed by atoms with Crippen LogP contribution in [-0.2, 0) is 9.53 Å². The van der Waals surface area contributed by atoms with Gasteiger partial charge in [-0.3, -0.25) is 9.36 Å². The van der Waals surface area contributed by atoms with Crippen LogP contribution < -0.4 is 14.9 Å². The van der Waals surface area contributed by atoms with E-state index in [9.17, 15) is 9.59 Å². The zero-order valence-corrected chi connectivity index (χ0v) is 28.4. The second kappa shape index (κ2) is 13.5. The molecule has 0 spiro atoms. The van der Waals surface area contributed by atoms with Crippen LogP contribution in [0.5, 0.6) is 0 Å². The van der Waals surface area contributed by atoms with E-state index in [0.717, 1.165) is 44.2 Å². The standard InChI is InChI=1S/C40H33N3O3S2/c1-4-46-39(45)35-26(2)41-40-43(37(35)29-20-22-32(47-3)23-21-29)38(44)34(48-40)25-30-24-33(27-14-8-5-9-15-27)42(31-18-12-7-13-19-31)36(30)28-16-10-6-11-17-28/h5-25,37H,4H2,1-3H3/b34-25-/t37-/m0/s1. The van der Waals surface area contributed by atoms with E-state index in [2.05, 4.69) is 47.0 Å². The van der Waals surface area contributed by atoms with Gasteiger partial charge in [0.05, 0.1) is 39.8 Å². The van der Waals surface area contributed by atoms with Crippen molar-refractivity contribution in [3.8, 4) is 28.2 Å². The van der Waals surface area contributed by atoms with E-state index in [1.54, 1.807) is 23.3 Å². The Bertz CT molecular complexity index is 2320. The van der Waals surface area contributed by atoms with Crippen molar-refractivity contribution in [1.29, 1.82) is 0 Å². The van der Waals surface area contributed by atoms with Crippen LogP contribution in [0.25, 0.3) is 34.3 Å². The number of hydrogen-bond acceptors (Lipinski definition) is 6. The lowest BCUT2D eigenvalue weighted by Gasteiger charge is -2.24. The summed E-state index contributed by atoms with van der Waals surface area (Å²) in [5.74, 6) is -0.467. The normalized spacial score (nSPS) is 14.5. The van der Waals surface area contributed by atoms with Gasteiger partial charge in [-0.15, -0.1) is 11.8 Å². The first-order valence-corrected chi connectivity index (χ1v) is 17.8. The molecule has 0 bridgehead atoms. The Morgan fingerprint density at radius 3 is 2.15 bits per heavy atom. The van der Waals surface area contributed by atoms with Crippen molar-refractivity contribution in [2.75, 3.05) is 12.9 Å². The Kier molecular flexibility index (Phi) is 8.84. The fourth-order valence-corrected chi connectivity index (χ4v) is 7.68. The van der Waals surface area contributed by atoms with Crippen molar-refractivity contribution < 1.29 is 9.53 Å². The molecule has 7 rings (SSSR count). The van der Waals surface area contributed by atoms with Crippen LogP contribution in [0.15, 0.2) is 147 Å². The molecular weight excluding hydrogens is 635 g/mol. The highest BCUT2D eigenvalue weighted by Crippen LogP contribution is 2.37. The first kappa shape index (κ1) is 31.4. The Balaban J connectivity index is 1.49. The molecule has 6 nitrogen and oxygen atoms in total. The number of carbonyl (C=O) groups excluding carboxylic acids is 1. The molecule has 0 aliphatic carbocycles. The topological polar surface area (TPSA) is 65.6 Å². The minimum Gasteiger partial charge on any atom is -0.463 e. The van der Waals surface area contributed by atoms with E-state index < -0.39 is 12.0 Å². The minimum absolute atomic E-state index is 0.209. The van der Waals surface area contributed by atoms with Crippen LogP contribution in [0.2, 0.25) is 0 Å². The zero-order valence-electron chi connectivity index (χ0n) is 26.8. The van der Waals surface area contributed by atoms with E-state index in [0.29, 0.717) is 20.6 Å². The number of para-hydroxylation sites is 1. The molecule has 8 heteroatoms. The van der Waals surface area contributed by atoms with E-state index in [-0.39, 0.29) is 12.2 Å². The average molecular weight is 668 g/mol. The van der Waals surface area contributed by atoms with Gasteiger partial charge in [-0.1, -0.05) is 102 Å². The molecule has 0 amide bonds. The van der Waals surface area contributed by atoms with Gasteiger partial charge >= 0.3 is 5.97 Å². The highest BCUT2D eigenvalue weighted by Gasteiger charge is 2.33. The second-order valence-corrected chi connectivity index (χ2v) is 13.2. The summed E-state index contributed by atoms with van der Waals surface area (Å²) < 4.78 is 9.92. The Labute approximate surface area is 287 Å². The van der Waals surface area contributed by atoms with E-state index in [1.165, 1.54) is 11.3 Å². The summed E-state index contributed by atoms with van der Waals surface area (Å²) in [6, 6.07) is 40.3. The summed E-state index contributed by atoms with van der Waals surface area (Å²) in [6.07, 6.45) is 3.99. The van der Waals surface area contributed by atoms with Crippen molar-refractivity contribution in [2.24, 2.45) is 4.99 Å². The first-order chi connectivity index (χ1) is 23.5. The van der Waals surface area contributed by atoms with Gasteiger partial charge in [0.25, 0.3) is 5.56 Å². The average Bonchev–Trinajstić information content (AvgIpc) is 3.65. The second-order valence-electron chi connectivity index (χ2n) is 11.3. The maximum Gasteiger partial charge on any atom is 0.338 e. The van der Waals surface area contributed by atoms with Gasteiger partial charge < -0.3 is 9.30 Å². The summed E-state index contributed by atoms with van der Waals surface area (Å²) in [7, 11) is 0. The molecule has 6 aromatic rings. The van der Waals surface area contributed by atoms with Crippen LogP contribution in [0.3, 0.4) is 0 Å². The van der Waals surface area contributed by atoms with Crippen molar-refractivity contribution >= 4 is 35.1 Å². The monoisotopic (exact) mass is 667 g/mol. The van der Waals surface area contributed by atoms with Crippen molar-refractivity contribution in [2.45, 2.75) is 24.8 Å². The summed E-state index contributed by atoms with van der Waals surface area (Å²) in [6.45, 7) is 3.82. The molecule has 0 N–H and O–H groups in total. The highest BCUT2D eigenvalue weighted by atomic mass is 32.2. The number of ether oxygens (including phenoxy) is 1. The third kappa shape index (κ3) is 5.78. The number of hydrogen-bond donors (Lipinski definition) is 0. The maximum absolute atomic E-state index is 14.5. The van der Waals surface area contributed by atoms with Crippen LogP contribution >= 0.6 is 23.1 Å². The molecule has 1 aliphatic rings. The van der Waals surface area contributed by atoms with Gasteiger partial charge in [-0.05, 0) is 73.2 Å². The van der Waals surface area contributed by atoms with Crippen LogP contribution in [0.1, 0.15) is 31.0 Å². The Morgan fingerprint density at radius 1 is 0.896 bits per heavy atom. The largest absolute Gasteiger partial charge is 0.463 e. The molecule has 1 atom stereocenters. The maximum atomic E-state index is 14.5. The van der Waals surface area contributed by atoms with Gasteiger partial charge in [0.1, 0.15) is 0 Å². The zero-order chi connectivity index (χ0) is 33.2. The molecule has 0 radical (unpaired) electrons. The molecule has 238 valence electrons. The van der Waals surface area contributed by atoms with Gasteiger partial charge in [0.15, 0.2) is 4.80 Å². The lowest BCUT2D eigenvalue weighted by Crippen LogP contribution is -2.39. The molecule has 48 heavy (non-hydrogen) atoms. The number of allylic oxidation sites excluding steroid dienone is 1. The summed E-state index contributed by atoms with van der Waals surface area (Å²) in [4.78, 5) is 34.3. The molecular formula is C40H33N3O3S2. The van der Waals surface area contributed by atoms with Crippen LogP contribution in [0, 0.1) is 0 Å².